The highest BCUT2D eigenvalue weighted by atomic mass is 35.5. The average molecular weight is 144 g/mol. The van der Waals surface area contributed by atoms with Gasteiger partial charge in [-0.2, -0.15) is 0 Å². The summed E-state index contributed by atoms with van der Waals surface area (Å²) in [6.45, 7) is 1.80. The van der Waals surface area contributed by atoms with Crippen molar-refractivity contribution in [2.24, 2.45) is 0 Å². The van der Waals surface area contributed by atoms with Gasteiger partial charge in [-0.25, -0.2) is 4.39 Å². The molecule has 0 fully saturated rings. The molecule has 2 heteroatoms. The van der Waals surface area contributed by atoms with Crippen molar-refractivity contribution in [3.63, 3.8) is 0 Å². The highest BCUT2D eigenvalue weighted by Crippen LogP contribution is 2.14. The SMILES string of the molecule is Cc1c[c]c(F)cc1Cl. The summed E-state index contributed by atoms with van der Waals surface area (Å²) in [5.41, 5.74) is 0.845. The van der Waals surface area contributed by atoms with E-state index in [1.165, 1.54) is 12.1 Å². The third-order valence-corrected chi connectivity index (χ3v) is 1.46. The highest BCUT2D eigenvalue weighted by molar-refractivity contribution is 6.31. The van der Waals surface area contributed by atoms with E-state index < -0.39 is 5.82 Å². The molecule has 1 aromatic carbocycles. The van der Waals surface area contributed by atoms with E-state index in [2.05, 4.69) is 6.07 Å². The van der Waals surface area contributed by atoms with Gasteiger partial charge in [-0.3, -0.25) is 0 Å². The Morgan fingerprint density at radius 3 is 2.78 bits per heavy atom. The standard InChI is InChI=1S/C7H5ClF/c1-5-2-3-6(9)4-7(5)8/h2,4H,1H3. The minimum absolute atomic E-state index is 0.411. The van der Waals surface area contributed by atoms with Gasteiger partial charge in [-0.05, 0) is 24.6 Å². The summed E-state index contributed by atoms with van der Waals surface area (Å²) >= 11 is 5.55. The van der Waals surface area contributed by atoms with E-state index in [9.17, 15) is 4.39 Å². The fourth-order valence-corrected chi connectivity index (χ4v) is 0.663. The number of aryl methyl sites for hydroxylation is 1. The van der Waals surface area contributed by atoms with Crippen molar-refractivity contribution in [3.8, 4) is 0 Å². The monoisotopic (exact) mass is 143 g/mol. The van der Waals surface area contributed by atoms with Gasteiger partial charge in [0.15, 0.2) is 0 Å². The van der Waals surface area contributed by atoms with Crippen LogP contribution >= 0.6 is 11.6 Å². The summed E-state index contributed by atoms with van der Waals surface area (Å²) in [5, 5.41) is 0.450. The maximum absolute atomic E-state index is 12.2. The van der Waals surface area contributed by atoms with Crippen LogP contribution in [0.15, 0.2) is 12.1 Å². The third kappa shape index (κ3) is 1.42. The first-order valence-electron chi connectivity index (χ1n) is 2.53. The second-order valence-electron chi connectivity index (χ2n) is 1.81. The highest BCUT2D eigenvalue weighted by Gasteiger charge is 1.94. The van der Waals surface area contributed by atoms with Crippen molar-refractivity contribution in [3.05, 3.63) is 34.6 Å². The maximum Gasteiger partial charge on any atom is 0.132 e. The molecule has 0 aliphatic carbocycles. The number of hydrogen-bond acceptors (Lipinski definition) is 0. The van der Waals surface area contributed by atoms with Gasteiger partial charge in [0.1, 0.15) is 5.82 Å². The Morgan fingerprint density at radius 1 is 1.67 bits per heavy atom. The lowest BCUT2D eigenvalue weighted by molar-refractivity contribution is 0.625. The first-order valence-corrected chi connectivity index (χ1v) is 2.91. The zero-order chi connectivity index (χ0) is 6.85. The smallest absolute Gasteiger partial charge is 0.132 e. The van der Waals surface area contributed by atoms with Crippen LogP contribution in [0.3, 0.4) is 0 Å². The van der Waals surface area contributed by atoms with Gasteiger partial charge in [0, 0.05) is 11.1 Å². The molecule has 1 radical (unpaired) electrons. The Bertz CT molecular complexity index is 220. The fourth-order valence-electron chi connectivity index (χ4n) is 0.513. The van der Waals surface area contributed by atoms with Crippen LogP contribution in [-0.2, 0) is 0 Å². The molecular formula is C7H5ClF. The molecule has 0 N–H and O–H groups in total. The van der Waals surface area contributed by atoms with E-state index in [1.54, 1.807) is 6.92 Å². The van der Waals surface area contributed by atoms with Crippen LogP contribution in [0.5, 0.6) is 0 Å². The first-order chi connectivity index (χ1) is 4.20. The molecule has 1 aromatic rings. The molecule has 9 heavy (non-hydrogen) atoms. The lowest BCUT2D eigenvalue weighted by Crippen LogP contribution is -1.76. The molecule has 0 amide bonds. The number of halogens is 2. The van der Waals surface area contributed by atoms with Crippen molar-refractivity contribution in [1.29, 1.82) is 0 Å². The number of rotatable bonds is 0. The van der Waals surface area contributed by atoms with E-state index in [0.29, 0.717) is 5.02 Å². The fraction of sp³-hybridized carbons (Fsp3) is 0.143. The zero-order valence-electron chi connectivity index (χ0n) is 4.91. The molecule has 47 valence electrons. The summed E-state index contributed by atoms with van der Waals surface area (Å²) in [6.07, 6.45) is 0. The predicted molar refractivity (Wildman–Crippen MR) is 35.0 cm³/mol. The number of benzene rings is 1. The van der Waals surface area contributed by atoms with Gasteiger partial charge in [0.2, 0.25) is 0 Å². The lowest BCUT2D eigenvalue weighted by atomic mass is 10.2. The summed E-state index contributed by atoms with van der Waals surface area (Å²) in [7, 11) is 0. The first kappa shape index (κ1) is 6.56. The predicted octanol–water partition coefficient (Wildman–Crippen LogP) is 2.59. The van der Waals surface area contributed by atoms with Gasteiger partial charge in [-0.1, -0.05) is 11.6 Å². The summed E-state index contributed by atoms with van der Waals surface area (Å²) < 4.78 is 12.2. The van der Waals surface area contributed by atoms with Crippen LogP contribution in [0.2, 0.25) is 5.02 Å². The van der Waals surface area contributed by atoms with Crippen LogP contribution in [-0.4, -0.2) is 0 Å². The molecule has 0 aliphatic rings. The van der Waals surface area contributed by atoms with E-state index >= 15 is 0 Å². The third-order valence-electron chi connectivity index (χ3n) is 1.06. The molecule has 1 rings (SSSR count). The normalized spacial score (nSPS) is 9.67. The summed E-state index contributed by atoms with van der Waals surface area (Å²) in [4.78, 5) is 0. The minimum atomic E-state index is -0.411. The van der Waals surface area contributed by atoms with Crippen molar-refractivity contribution in [2.75, 3.05) is 0 Å². The average Bonchev–Trinajstić information content (AvgIpc) is 1.80. The molecule has 0 heterocycles. The topological polar surface area (TPSA) is 0 Å². The Morgan fingerprint density at radius 2 is 2.33 bits per heavy atom. The Kier molecular flexibility index (Phi) is 1.72. The van der Waals surface area contributed by atoms with Gasteiger partial charge < -0.3 is 0 Å². The van der Waals surface area contributed by atoms with Gasteiger partial charge >= 0.3 is 0 Å². The molecule has 0 nitrogen and oxygen atoms in total. The Labute approximate surface area is 58.3 Å². The second kappa shape index (κ2) is 2.36. The van der Waals surface area contributed by atoms with Gasteiger partial charge in [0.25, 0.3) is 0 Å². The largest absolute Gasteiger partial charge is 0.206 e. The van der Waals surface area contributed by atoms with Crippen LogP contribution in [0.25, 0.3) is 0 Å². The minimum Gasteiger partial charge on any atom is -0.206 e. The Hall–Kier alpha value is -0.560. The lowest BCUT2D eigenvalue weighted by Gasteiger charge is -1.93. The molecule has 0 spiro atoms. The maximum atomic E-state index is 12.2. The molecule has 0 unspecified atom stereocenters. The molecule has 0 aromatic heterocycles. The van der Waals surface area contributed by atoms with E-state index in [0.717, 1.165) is 5.56 Å². The molecule has 0 saturated carbocycles. The molecule has 0 bridgehead atoms. The van der Waals surface area contributed by atoms with Crippen LogP contribution < -0.4 is 0 Å². The molecule has 0 aliphatic heterocycles. The molecule has 0 atom stereocenters. The quantitative estimate of drug-likeness (QED) is 0.524. The second-order valence-corrected chi connectivity index (χ2v) is 2.22. The van der Waals surface area contributed by atoms with Crippen LogP contribution in [0.1, 0.15) is 5.56 Å². The van der Waals surface area contributed by atoms with E-state index in [4.69, 9.17) is 11.6 Å². The van der Waals surface area contributed by atoms with Crippen molar-refractivity contribution >= 4 is 11.6 Å². The van der Waals surface area contributed by atoms with E-state index in [-0.39, 0.29) is 0 Å². The van der Waals surface area contributed by atoms with Crippen molar-refractivity contribution in [2.45, 2.75) is 6.92 Å². The van der Waals surface area contributed by atoms with Crippen LogP contribution in [0.4, 0.5) is 4.39 Å². The van der Waals surface area contributed by atoms with Gasteiger partial charge in [-0.15, -0.1) is 0 Å². The summed E-state index contributed by atoms with van der Waals surface area (Å²) in [5.74, 6) is -0.411. The van der Waals surface area contributed by atoms with Gasteiger partial charge in [0.05, 0.1) is 0 Å². The zero-order valence-corrected chi connectivity index (χ0v) is 5.67. The molecule has 0 saturated heterocycles. The summed E-state index contributed by atoms with van der Waals surface area (Å²) in [6, 6.07) is 5.16. The number of hydrogen-bond donors (Lipinski definition) is 0. The molecular weight excluding hydrogens is 139 g/mol. The Balaban J connectivity index is 3.17. The van der Waals surface area contributed by atoms with Crippen molar-refractivity contribution < 1.29 is 4.39 Å². The van der Waals surface area contributed by atoms with E-state index in [1.807, 2.05) is 0 Å². The van der Waals surface area contributed by atoms with Crippen LogP contribution in [0, 0.1) is 18.8 Å². The van der Waals surface area contributed by atoms with Crippen molar-refractivity contribution in [1.82, 2.24) is 0 Å².